The van der Waals surface area contributed by atoms with Gasteiger partial charge in [-0.05, 0) is 35.2 Å². The molecule has 0 aromatic heterocycles. The molecule has 3 aromatic rings. The summed E-state index contributed by atoms with van der Waals surface area (Å²) in [5, 5.41) is 3.89. The van der Waals surface area contributed by atoms with E-state index in [0.717, 1.165) is 15.7 Å². The molecule has 150 valence electrons. The molecule has 0 saturated carbocycles. The predicted molar refractivity (Wildman–Crippen MR) is 112 cm³/mol. The summed E-state index contributed by atoms with van der Waals surface area (Å²) in [5.74, 6) is -0.294. The molecular formula is C23H18N2O5. The van der Waals surface area contributed by atoms with Gasteiger partial charge in [0.1, 0.15) is 17.1 Å². The first-order valence-corrected chi connectivity index (χ1v) is 9.14. The number of methoxy groups -OCH3 is 2. The van der Waals surface area contributed by atoms with Gasteiger partial charge in [0.25, 0.3) is 11.8 Å². The van der Waals surface area contributed by atoms with Gasteiger partial charge in [-0.3, -0.25) is 14.9 Å². The first-order valence-electron chi connectivity index (χ1n) is 9.14. The number of carbonyl (C=O) groups excluding carboxylic acids is 3. The minimum absolute atomic E-state index is 0.146. The quantitative estimate of drug-likeness (QED) is 0.533. The topological polar surface area (TPSA) is 84.9 Å². The van der Waals surface area contributed by atoms with E-state index in [0.29, 0.717) is 22.7 Å². The fraction of sp³-hybridized carbons (Fsp3) is 0.0870. The Hall–Kier alpha value is -4.13. The normalized spacial score (nSPS) is 15.5. The molecule has 7 nitrogen and oxygen atoms in total. The predicted octanol–water partition coefficient (Wildman–Crippen LogP) is 3.52. The largest absolute Gasteiger partial charge is 0.497 e. The second-order valence-corrected chi connectivity index (χ2v) is 6.56. The SMILES string of the molecule is COc1cccc(N2C(=O)NC(=O)C(=Cc3ccc(OC)c4ccccc34)C2=O)c1. The van der Waals surface area contributed by atoms with Gasteiger partial charge in [0.05, 0.1) is 19.9 Å². The Morgan fingerprint density at radius 2 is 1.63 bits per heavy atom. The van der Waals surface area contributed by atoms with Crippen molar-refractivity contribution in [1.82, 2.24) is 5.32 Å². The maximum Gasteiger partial charge on any atom is 0.335 e. The van der Waals surface area contributed by atoms with Crippen molar-refractivity contribution in [3.05, 3.63) is 71.8 Å². The fourth-order valence-corrected chi connectivity index (χ4v) is 3.40. The highest BCUT2D eigenvalue weighted by molar-refractivity contribution is 6.39. The molecule has 30 heavy (non-hydrogen) atoms. The van der Waals surface area contributed by atoms with E-state index in [-0.39, 0.29) is 5.57 Å². The molecule has 1 fully saturated rings. The lowest BCUT2D eigenvalue weighted by Gasteiger charge is -2.26. The minimum atomic E-state index is -0.810. The van der Waals surface area contributed by atoms with Crippen molar-refractivity contribution < 1.29 is 23.9 Å². The van der Waals surface area contributed by atoms with Crippen LogP contribution >= 0.6 is 0 Å². The van der Waals surface area contributed by atoms with Crippen LogP contribution < -0.4 is 19.7 Å². The van der Waals surface area contributed by atoms with E-state index >= 15 is 0 Å². The summed E-state index contributed by atoms with van der Waals surface area (Å²) in [6.45, 7) is 0. The van der Waals surface area contributed by atoms with Crippen LogP contribution in [0.2, 0.25) is 0 Å². The molecule has 1 saturated heterocycles. The fourth-order valence-electron chi connectivity index (χ4n) is 3.40. The second-order valence-electron chi connectivity index (χ2n) is 6.56. The lowest BCUT2D eigenvalue weighted by atomic mass is 10.00. The lowest BCUT2D eigenvalue weighted by molar-refractivity contribution is -0.122. The summed E-state index contributed by atoms with van der Waals surface area (Å²) in [6.07, 6.45) is 1.49. The number of carbonyl (C=O) groups is 3. The maximum absolute atomic E-state index is 13.1. The monoisotopic (exact) mass is 402 g/mol. The molecular weight excluding hydrogens is 384 g/mol. The Balaban J connectivity index is 1.81. The lowest BCUT2D eigenvalue weighted by Crippen LogP contribution is -2.54. The average molecular weight is 402 g/mol. The Bertz CT molecular complexity index is 1220. The van der Waals surface area contributed by atoms with E-state index in [2.05, 4.69) is 5.32 Å². The molecule has 4 rings (SSSR count). The van der Waals surface area contributed by atoms with Crippen molar-refractivity contribution in [3.8, 4) is 11.5 Å². The number of nitrogens with one attached hydrogen (secondary N) is 1. The molecule has 0 spiro atoms. The van der Waals surface area contributed by atoms with Crippen molar-refractivity contribution in [3.63, 3.8) is 0 Å². The number of urea groups is 1. The molecule has 4 amide bonds. The number of fused-ring (bicyclic) bond motifs is 1. The van der Waals surface area contributed by atoms with E-state index in [1.807, 2.05) is 24.3 Å². The smallest absolute Gasteiger partial charge is 0.335 e. The van der Waals surface area contributed by atoms with Crippen LogP contribution in [0.5, 0.6) is 11.5 Å². The van der Waals surface area contributed by atoms with Gasteiger partial charge < -0.3 is 9.47 Å². The molecule has 1 N–H and O–H groups in total. The number of barbiturate groups is 1. The van der Waals surface area contributed by atoms with Gasteiger partial charge in [0, 0.05) is 11.5 Å². The van der Waals surface area contributed by atoms with Gasteiger partial charge in [-0.2, -0.15) is 0 Å². The van der Waals surface area contributed by atoms with Crippen LogP contribution in [0.1, 0.15) is 5.56 Å². The highest BCUT2D eigenvalue weighted by Gasteiger charge is 2.37. The molecule has 1 aliphatic rings. The minimum Gasteiger partial charge on any atom is -0.497 e. The van der Waals surface area contributed by atoms with Crippen LogP contribution in [0.3, 0.4) is 0 Å². The van der Waals surface area contributed by atoms with Crippen molar-refractivity contribution in [2.24, 2.45) is 0 Å². The Labute approximate surface area is 172 Å². The number of amides is 4. The third kappa shape index (κ3) is 3.26. The van der Waals surface area contributed by atoms with Crippen molar-refractivity contribution >= 4 is 40.4 Å². The number of rotatable bonds is 4. The second kappa shape index (κ2) is 7.71. The van der Waals surface area contributed by atoms with Crippen LogP contribution in [0.25, 0.3) is 16.8 Å². The van der Waals surface area contributed by atoms with Gasteiger partial charge in [-0.15, -0.1) is 0 Å². The van der Waals surface area contributed by atoms with Gasteiger partial charge in [0.2, 0.25) is 0 Å². The first-order chi connectivity index (χ1) is 14.5. The number of benzene rings is 3. The van der Waals surface area contributed by atoms with Gasteiger partial charge in [-0.25, -0.2) is 9.69 Å². The van der Waals surface area contributed by atoms with Crippen LogP contribution in [-0.4, -0.2) is 32.1 Å². The number of anilines is 1. The highest BCUT2D eigenvalue weighted by atomic mass is 16.5. The van der Waals surface area contributed by atoms with Gasteiger partial charge in [-0.1, -0.05) is 36.4 Å². The molecule has 0 atom stereocenters. The molecule has 0 bridgehead atoms. The first kappa shape index (κ1) is 19.2. The molecule has 1 aliphatic heterocycles. The Morgan fingerprint density at radius 3 is 2.37 bits per heavy atom. The summed E-state index contributed by atoms with van der Waals surface area (Å²) in [6, 6.07) is 16.7. The number of ether oxygens (including phenoxy) is 2. The van der Waals surface area contributed by atoms with Crippen LogP contribution in [-0.2, 0) is 9.59 Å². The van der Waals surface area contributed by atoms with Gasteiger partial charge >= 0.3 is 6.03 Å². The number of imide groups is 2. The molecule has 0 unspecified atom stereocenters. The summed E-state index contributed by atoms with van der Waals surface area (Å²) < 4.78 is 10.6. The highest BCUT2D eigenvalue weighted by Crippen LogP contribution is 2.31. The molecule has 3 aromatic carbocycles. The van der Waals surface area contributed by atoms with Crippen LogP contribution in [0, 0.1) is 0 Å². The molecule has 1 heterocycles. The molecule has 0 radical (unpaired) electrons. The van der Waals surface area contributed by atoms with Crippen molar-refractivity contribution in [2.75, 3.05) is 19.1 Å². The Kier molecular flexibility index (Phi) is 4.93. The average Bonchev–Trinajstić information content (AvgIpc) is 2.76. The molecule has 0 aliphatic carbocycles. The van der Waals surface area contributed by atoms with Crippen molar-refractivity contribution in [1.29, 1.82) is 0 Å². The van der Waals surface area contributed by atoms with E-state index in [4.69, 9.17) is 9.47 Å². The number of hydrogen-bond acceptors (Lipinski definition) is 5. The summed E-state index contributed by atoms with van der Waals surface area (Å²) in [4.78, 5) is 38.9. The Morgan fingerprint density at radius 1 is 0.867 bits per heavy atom. The summed E-state index contributed by atoms with van der Waals surface area (Å²) in [7, 11) is 3.07. The van der Waals surface area contributed by atoms with E-state index in [1.54, 1.807) is 43.5 Å². The summed E-state index contributed by atoms with van der Waals surface area (Å²) in [5.41, 5.74) is 0.812. The number of nitrogens with zero attached hydrogens (tertiary/aromatic N) is 1. The maximum atomic E-state index is 13.1. The zero-order chi connectivity index (χ0) is 21.3. The third-order valence-electron chi connectivity index (χ3n) is 4.85. The van der Waals surface area contributed by atoms with Crippen LogP contribution in [0.15, 0.2) is 66.2 Å². The number of hydrogen-bond donors (Lipinski definition) is 1. The zero-order valence-corrected chi connectivity index (χ0v) is 16.3. The van der Waals surface area contributed by atoms with Gasteiger partial charge in [0.15, 0.2) is 0 Å². The van der Waals surface area contributed by atoms with Crippen LogP contribution in [0.4, 0.5) is 10.5 Å². The zero-order valence-electron chi connectivity index (χ0n) is 16.3. The van der Waals surface area contributed by atoms with E-state index in [9.17, 15) is 14.4 Å². The summed E-state index contributed by atoms with van der Waals surface area (Å²) >= 11 is 0. The third-order valence-corrected chi connectivity index (χ3v) is 4.85. The van der Waals surface area contributed by atoms with E-state index in [1.165, 1.54) is 13.2 Å². The van der Waals surface area contributed by atoms with E-state index < -0.39 is 17.8 Å². The van der Waals surface area contributed by atoms with Crippen molar-refractivity contribution in [2.45, 2.75) is 0 Å². The molecule has 7 heteroatoms. The standard InChI is InChI=1S/C23H18N2O5/c1-29-16-7-5-6-15(13-16)25-22(27)19(21(26)24-23(25)28)12-14-10-11-20(30-2)18-9-4-3-8-17(14)18/h3-13H,1-2H3,(H,24,26,28).